The van der Waals surface area contributed by atoms with E-state index in [2.05, 4.69) is 5.43 Å². The predicted octanol–water partition coefficient (Wildman–Crippen LogP) is 4.79. The van der Waals surface area contributed by atoms with Crippen LogP contribution in [0.25, 0.3) is 0 Å². The normalized spacial score (nSPS) is 33.2. The van der Waals surface area contributed by atoms with Crippen LogP contribution >= 0.6 is 0 Å². The van der Waals surface area contributed by atoms with Gasteiger partial charge in [-0.15, -0.1) is 0 Å². The summed E-state index contributed by atoms with van der Waals surface area (Å²) in [5.74, 6) is -0.214. The molecule has 0 radical (unpaired) electrons. The van der Waals surface area contributed by atoms with E-state index >= 15 is 13.2 Å². The van der Waals surface area contributed by atoms with E-state index in [0.29, 0.717) is 52.0 Å². The maximum Gasteiger partial charge on any atom is 0.406 e. The lowest BCUT2D eigenvalue weighted by Crippen LogP contribution is -2.63. The molecule has 3 heterocycles. The minimum Gasteiger partial charge on any atom is -0.343 e. The third kappa shape index (κ3) is 6.31. The predicted molar refractivity (Wildman–Crippen MR) is 146 cm³/mol. The lowest BCUT2D eigenvalue weighted by atomic mass is 9.59. The second-order valence-corrected chi connectivity index (χ2v) is 14.4. The van der Waals surface area contributed by atoms with Crippen LogP contribution in [0, 0.1) is 23.2 Å². The number of hydrogen-bond acceptors (Lipinski definition) is 5. The van der Waals surface area contributed by atoms with Crippen molar-refractivity contribution >= 4 is 15.9 Å². The van der Waals surface area contributed by atoms with Crippen LogP contribution < -0.4 is 5.43 Å². The summed E-state index contributed by atoms with van der Waals surface area (Å²) in [4.78, 5) is 16.2. The maximum absolute atomic E-state index is 15.0. The molecule has 39 heavy (non-hydrogen) atoms. The molecule has 3 aliphatic heterocycles. The molecule has 1 aliphatic carbocycles. The van der Waals surface area contributed by atoms with Gasteiger partial charge in [0.05, 0.1) is 11.7 Å². The van der Waals surface area contributed by atoms with Crippen LogP contribution in [0.5, 0.6) is 0 Å². The third-order valence-electron chi connectivity index (χ3n) is 10.4. The Labute approximate surface area is 233 Å². The first-order chi connectivity index (χ1) is 18.4. The standard InChI is InChI=1S/C28H49F3N4O3S/c1-4-33(5-2)26(36)27(23-12-10-8-6-7-9-11-13-23)24-20-22(16-19-35(24)32-25(27)28(29,30)31)21-14-17-34(18-15-21)39(3,37)38/h21-25,32H,4-20H2,1-3H3. The number of piperidine rings is 2. The number of nitrogens with one attached hydrogen (secondary N) is 1. The van der Waals surface area contributed by atoms with Crippen LogP contribution in [0.3, 0.4) is 0 Å². The van der Waals surface area contributed by atoms with E-state index < -0.39 is 33.7 Å². The van der Waals surface area contributed by atoms with E-state index in [1.54, 1.807) is 9.91 Å². The Kier molecular flexibility index (Phi) is 9.97. The Balaban J connectivity index is 1.72. The maximum atomic E-state index is 15.0. The lowest BCUT2D eigenvalue weighted by Gasteiger charge is -2.50. The highest BCUT2D eigenvalue weighted by Gasteiger charge is 2.70. The van der Waals surface area contributed by atoms with Crippen LogP contribution in [0.2, 0.25) is 0 Å². The number of hydrogen-bond donors (Lipinski definition) is 1. The molecular formula is C28H49F3N4O3S. The zero-order valence-corrected chi connectivity index (χ0v) is 24.8. The highest BCUT2D eigenvalue weighted by Crippen LogP contribution is 2.56. The van der Waals surface area contributed by atoms with Crippen molar-refractivity contribution in [2.75, 3.05) is 39.0 Å². The Morgan fingerprint density at radius 3 is 1.95 bits per heavy atom. The zero-order chi connectivity index (χ0) is 28.4. The summed E-state index contributed by atoms with van der Waals surface area (Å²) < 4.78 is 70.7. The SMILES string of the molecule is CCN(CC)C(=O)C1(C2CCCCCCCC2)C2CC(C3CCN(S(C)(=O)=O)CC3)CCN2NC1C(F)(F)F. The molecule has 4 fully saturated rings. The quantitative estimate of drug-likeness (QED) is 0.491. The number of halogens is 3. The first kappa shape index (κ1) is 31.0. The molecule has 1 N–H and O–H groups in total. The molecule has 0 bridgehead atoms. The average Bonchev–Trinajstić information content (AvgIpc) is 3.30. The van der Waals surface area contributed by atoms with Gasteiger partial charge in [0, 0.05) is 38.8 Å². The van der Waals surface area contributed by atoms with Gasteiger partial charge in [0.15, 0.2) is 0 Å². The lowest BCUT2D eigenvalue weighted by molar-refractivity contribution is -0.195. The first-order valence-corrected chi connectivity index (χ1v) is 17.1. The fourth-order valence-electron chi connectivity index (χ4n) is 8.36. The summed E-state index contributed by atoms with van der Waals surface area (Å²) in [6.45, 7) is 5.92. The van der Waals surface area contributed by atoms with Crippen LogP contribution in [0.4, 0.5) is 13.2 Å². The molecule has 1 saturated carbocycles. The molecule has 4 unspecified atom stereocenters. The van der Waals surface area contributed by atoms with E-state index in [0.717, 1.165) is 57.8 Å². The van der Waals surface area contributed by atoms with Gasteiger partial charge >= 0.3 is 6.18 Å². The topological polar surface area (TPSA) is 73.0 Å². The van der Waals surface area contributed by atoms with Crippen molar-refractivity contribution in [1.29, 1.82) is 0 Å². The van der Waals surface area contributed by atoms with Crippen molar-refractivity contribution in [3.63, 3.8) is 0 Å². The van der Waals surface area contributed by atoms with Gasteiger partial charge in [-0.3, -0.25) is 4.79 Å². The second-order valence-electron chi connectivity index (χ2n) is 12.4. The molecule has 0 aromatic rings. The average molecular weight is 579 g/mol. The number of nitrogens with zero attached hydrogens (tertiary/aromatic N) is 3. The van der Waals surface area contributed by atoms with Crippen LogP contribution in [0.15, 0.2) is 0 Å². The number of carbonyl (C=O) groups is 1. The molecule has 4 rings (SSSR count). The van der Waals surface area contributed by atoms with Crippen molar-refractivity contribution < 1.29 is 26.4 Å². The number of hydrazine groups is 1. The van der Waals surface area contributed by atoms with E-state index in [9.17, 15) is 13.2 Å². The highest BCUT2D eigenvalue weighted by molar-refractivity contribution is 7.88. The molecule has 226 valence electrons. The Bertz CT molecular complexity index is 927. The van der Waals surface area contributed by atoms with Gasteiger partial charge in [-0.1, -0.05) is 38.5 Å². The molecule has 11 heteroatoms. The number of sulfonamides is 1. The number of rotatable bonds is 6. The van der Waals surface area contributed by atoms with Crippen LogP contribution in [0.1, 0.15) is 90.9 Å². The van der Waals surface area contributed by atoms with Gasteiger partial charge < -0.3 is 4.90 Å². The van der Waals surface area contributed by atoms with Crippen molar-refractivity contribution in [2.45, 2.75) is 109 Å². The number of amides is 1. The molecule has 0 aromatic carbocycles. The summed E-state index contributed by atoms with van der Waals surface area (Å²) in [6, 6.07) is -2.41. The summed E-state index contributed by atoms with van der Waals surface area (Å²) >= 11 is 0. The molecule has 7 nitrogen and oxygen atoms in total. The first-order valence-electron chi connectivity index (χ1n) is 15.3. The monoisotopic (exact) mass is 578 g/mol. The smallest absolute Gasteiger partial charge is 0.343 e. The van der Waals surface area contributed by atoms with E-state index in [1.165, 1.54) is 10.6 Å². The number of carbonyl (C=O) groups excluding carboxylic acids is 1. The molecular weight excluding hydrogens is 529 g/mol. The van der Waals surface area contributed by atoms with Gasteiger partial charge in [0.1, 0.15) is 6.04 Å². The minimum absolute atomic E-state index is 0.182. The molecule has 4 aliphatic rings. The Hall–Kier alpha value is -0.910. The summed E-state index contributed by atoms with van der Waals surface area (Å²) in [5, 5.41) is 1.79. The largest absolute Gasteiger partial charge is 0.406 e. The van der Waals surface area contributed by atoms with Crippen LogP contribution in [-0.2, 0) is 14.8 Å². The van der Waals surface area contributed by atoms with E-state index in [1.807, 2.05) is 13.8 Å². The minimum atomic E-state index is -4.55. The van der Waals surface area contributed by atoms with Crippen molar-refractivity contribution in [1.82, 2.24) is 19.6 Å². The zero-order valence-electron chi connectivity index (χ0n) is 24.0. The number of fused-ring (bicyclic) bond motifs is 1. The highest BCUT2D eigenvalue weighted by atomic mass is 32.2. The molecule has 3 saturated heterocycles. The van der Waals surface area contributed by atoms with Crippen molar-refractivity contribution in [3.05, 3.63) is 0 Å². The number of alkyl halides is 3. The fourth-order valence-corrected chi connectivity index (χ4v) is 9.23. The van der Waals surface area contributed by atoms with Gasteiger partial charge in [-0.2, -0.15) is 13.2 Å². The third-order valence-corrected chi connectivity index (χ3v) is 11.7. The molecule has 4 atom stereocenters. The Morgan fingerprint density at radius 2 is 1.44 bits per heavy atom. The van der Waals surface area contributed by atoms with E-state index in [4.69, 9.17) is 0 Å². The second kappa shape index (κ2) is 12.5. The van der Waals surface area contributed by atoms with Crippen molar-refractivity contribution in [2.24, 2.45) is 23.2 Å². The van der Waals surface area contributed by atoms with Crippen LogP contribution in [-0.4, -0.2) is 85.8 Å². The van der Waals surface area contributed by atoms with Gasteiger partial charge in [-0.25, -0.2) is 23.2 Å². The van der Waals surface area contributed by atoms with Gasteiger partial charge in [-0.05, 0) is 70.1 Å². The van der Waals surface area contributed by atoms with Crippen molar-refractivity contribution in [3.8, 4) is 0 Å². The van der Waals surface area contributed by atoms with E-state index in [-0.39, 0.29) is 23.7 Å². The molecule has 1 amide bonds. The molecule has 0 aromatic heterocycles. The molecule has 0 spiro atoms. The Morgan fingerprint density at radius 1 is 0.897 bits per heavy atom. The summed E-state index contributed by atoms with van der Waals surface area (Å²) in [7, 11) is -3.25. The van der Waals surface area contributed by atoms with Gasteiger partial charge in [0.2, 0.25) is 15.9 Å². The summed E-state index contributed by atoms with van der Waals surface area (Å²) in [6.07, 6.45) is 6.71. The summed E-state index contributed by atoms with van der Waals surface area (Å²) in [5.41, 5.74) is 1.33. The van der Waals surface area contributed by atoms with Gasteiger partial charge in [0.25, 0.3) is 0 Å². The fraction of sp³-hybridized carbons (Fsp3) is 0.964.